The van der Waals surface area contributed by atoms with Crippen molar-refractivity contribution in [3.8, 4) is 0 Å². The quantitative estimate of drug-likeness (QED) is 0.719. The molecule has 0 bridgehead atoms. The van der Waals surface area contributed by atoms with Gasteiger partial charge in [0.2, 0.25) is 5.95 Å². The number of carbonyl (C=O) groups excluding carboxylic acids is 1. The first-order valence-electron chi connectivity index (χ1n) is 8.22. The summed E-state index contributed by atoms with van der Waals surface area (Å²) in [7, 11) is 2.13. The van der Waals surface area contributed by atoms with Gasteiger partial charge < -0.3 is 10.3 Å². The van der Waals surface area contributed by atoms with Gasteiger partial charge in [0, 0.05) is 35.6 Å². The highest BCUT2D eigenvalue weighted by Crippen LogP contribution is 2.31. The Morgan fingerprint density at radius 2 is 2.20 bits per heavy atom. The number of hydrogen-bond donors (Lipinski definition) is 2. The summed E-state index contributed by atoms with van der Waals surface area (Å²) in [6, 6.07) is 6.86. The molecule has 3 aromatic rings. The molecular formula is C18H18FN5O. The number of aromatic amines is 1. The molecular weight excluding hydrogens is 321 g/mol. The summed E-state index contributed by atoms with van der Waals surface area (Å²) in [6.07, 6.45) is 5.27. The summed E-state index contributed by atoms with van der Waals surface area (Å²) in [5.74, 6) is -0.552. The third-order valence-corrected chi connectivity index (χ3v) is 4.64. The fourth-order valence-corrected chi connectivity index (χ4v) is 3.30. The molecule has 3 aromatic heterocycles. The van der Waals surface area contributed by atoms with Crippen LogP contribution >= 0.6 is 0 Å². The largest absolute Gasteiger partial charge is 0.357 e. The van der Waals surface area contributed by atoms with E-state index in [4.69, 9.17) is 0 Å². The monoisotopic (exact) mass is 339 g/mol. The Bertz CT molecular complexity index is 921. The summed E-state index contributed by atoms with van der Waals surface area (Å²) < 4.78 is 12.8. The molecule has 1 amide bonds. The van der Waals surface area contributed by atoms with Crippen LogP contribution in [0.4, 0.5) is 10.2 Å². The molecule has 1 saturated heterocycles. The first-order valence-corrected chi connectivity index (χ1v) is 8.22. The zero-order chi connectivity index (χ0) is 17.4. The summed E-state index contributed by atoms with van der Waals surface area (Å²) in [6.45, 7) is 1.10. The van der Waals surface area contributed by atoms with Crippen LogP contribution in [0.25, 0.3) is 10.9 Å². The maximum Gasteiger partial charge on any atom is 0.258 e. The molecule has 0 saturated carbocycles. The Balaban J connectivity index is 1.56. The van der Waals surface area contributed by atoms with Crippen LogP contribution in [0.5, 0.6) is 0 Å². The van der Waals surface area contributed by atoms with Crippen molar-refractivity contribution >= 4 is 22.6 Å². The molecule has 128 valence electrons. The van der Waals surface area contributed by atoms with E-state index in [0.717, 1.165) is 29.9 Å². The number of hydrogen-bond acceptors (Lipinski definition) is 4. The van der Waals surface area contributed by atoms with Crippen LogP contribution in [0.1, 0.15) is 34.9 Å². The second kappa shape index (κ2) is 6.25. The standard InChI is InChI=1S/C18H18FN5O/c1-24-6-2-3-15(24)14-7-12-10-21-17(8-13(12)22-14)23-18(25)11-4-5-16(19)20-9-11/h4-5,7-10,15,22H,2-3,6H2,1H3,(H,21,23,25)/t15-/m1/s1. The molecule has 1 aliphatic rings. The van der Waals surface area contributed by atoms with E-state index in [9.17, 15) is 9.18 Å². The van der Waals surface area contributed by atoms with Gasteiger partial charge in [0.15, 0.2) is 0 Å². The molecule has 4 rings (SSSR count). The number of nitrogens with one attached hydrogen (secondary N) is 2. The molecule has 0 unspecified atom stereocenters. The first-order chi connectivity index (χ1) is 12.1. The molecule has 4 heterocycles. The number of halogens is 1. The number of nitrogens with zero attached hydrogens (tertiary/aromatic N) is 3. The summed E-state index contributed by atoms with van der Waals surface area (Å²) in [5.41, 5.74) is 2.38. The van der Waals surface area contributed by atoms with E-state index in [0.29, 0.717) is 11.9 Å². The lowest BCUT2D eigenvalue weighted by Crippen LogP contribution is -2.17. The van der Waals surface area contributed by atoms with Gasteiger partial charge in [-0.1, -0.05) is 0 Å². The Hall–Kier alpha value is -2.80. The number of anilines is 1. The van der Waals surface area contributed by atoms with E-state index in [1.807, 2.05) is 6.07 Å². The number of amides is 1. The zero-order valence-electron chi connectivity index (χ0n) is 13.8. The van der Waals surface area contributed by atoms with Crippen LogP contribution in [-0.4, -0.2) is 39.4 Å². The van der Waals surface area contributed by atoms with Crippen molar-refractivity contribution in [3.63, 3.8) is 0 Å². The third kappa shape index (κ3) is 3.10. The van der Waals surface area contributed by atoms with E-state index in [2.05, 4.69) is 38.3 Å². The Morgan fingerprint density at radius 3 is 2.92 bits per heavy atom. The zero-order valence-corrected chi connectivity index (χ0v) is 13.8. The van der Waals surface area contributed by atoms with E-state index >= 15 is 0 Å². The number of carbonyl (C=O) groups is 1. The molecule has 6 nitrogen and oxygen atoms in total. The molecule has 0 aliphatic carbocycles. The van der Waals surface area contributed by atoms with E-state index in [1.54, 1.807) is 6.20 Å². The van der Waals surface area contributed by atoms with Gasteiger partial charge in [0.1, 0.15) is 5.82 Å². The number of pyridine rings is 2. The van der Waals surface area contributed by atoms with Crippen molar-refractivity contribution in [2.75, 3.05) is 18.9 Å². The highest BCUT2D eigenvalue weighted by molar-refractivity contribution is 6.04. The average Bonchev–Trinajstić information content (AvgIpc) is 3.20. The lowest BCUT2D eigenvalue weighted by molar-refractivity contribution is 0.102. The van der Waals surface area contributed by atoms with Crippen LogP contribution in [0.3, 0.4) is 0 Å². The minimum Gasteiger partial charge on any atom is -0.357 e. The predicted molar refractivity (Wildman–Crippen MR) is 92.8 cm³/mol. The van der Waals surface area contributed by atoms with E-state index in [-0.39, 0.29) is 11.5 Å². The van der Waals surface area contributed by atoms with Gasteiger partial charge in [-0.05, 0) is 44.6 Å². The van der Waals surface area contributed by atoms with Gasteiger partial charge in [-0.2, -0.15) is 4.39 Å². The SMILES string of the molecule is CN1CCC[C@@H]1c1cc2cnc(NC(=O)c3ccc(F)nc3)cc2[nH]1. The third-order valence-electron chi connectivity index (χ3n) is 4.64. The average molecular weight is 339 g/mol. The second-order valence-electron chi connectivity index (χ2n) is 6.34. The van der Waals surface area contributed by atoms with Gasteiger partial charge in [0.25, 0.3) is 5.91 Å². The summed E-state index contributed by atoms with van der Waals surface area (Å²) in [5, 5.41) is 3.73. The fourth-order valence-electron chi connectivity index (χ4n) is 3.30. The van der Waals surface area contributed by atoms with Crippen molar-refractivity contribution in [2.24, 2.45) is 0 Å². The van der Waals surface area contributed by atoms with Gasteiger partial charge in [-0.15, -0.1) is 0 Å². The van der Waals surface area contributed by atoms with Gasteiger partial charge in [-0.3, -0.25) is 9.69 Å². The lowest BCUT2D eigenvalue weighted by atomic mass is 10.1. The molecule has 0 radical (unpaired) electrons. The van der Waals surface area contributed by atoms with Crippen LogP contribution in [0.15, 0.2) is 36.7 Å². The van der Waals surface area contributed by atoms with Gasteiger partial charge in [-0.25, -0.2) is 9.97 Å². The second-order valence-corrected chi connectivity index (χ2v) is 6.34. The van der Waals surface area contributed by atoms with Gasteiger partial charge >= 0.3 is 0 Å². The number of rotatable bonds is 3. The normalized spacial score (nSPS) is 17.9. The molecule has 2 N–H and O–H groups in total. The van der Waals surface area contributed by atoms with E-state index < -0.39 is 5.95 Å². The van der Waals surface area contributed by atoms with Crippen molar-refractivity contribution in [2.45, 2.75) is 18.9 Å². The molecule has 0 spiro atoms. The van der Waals surface area contributed by atoms with Crippen LogP contribution in [0, 0.1) is 5.95 Å². The molecule has 1 atom stereocenters. The molecule has 7 heteroatoms. The maximum absolute atomic E-state index is 12.8. The topological polar surface area (TPSA) is 73.9 Å². The van der Waals surface area contributed by atoms with Crippen LogP contribution < -0.4 is 5.32 Å². The Labute approximate surface area is 144 Å². The van der Waals surface area contributed by atoms with E-state index in [1.165, 1.54) is 24.4 Å². The molecule has 1 aliphatic heterocycles. The first kappa shape index (κ1) is 15.7. The van der Waals surface area contributed by atoms with Crippen molar-refractivity contribution in [1.29, 1.82) is 0 Å². The van der Waals surface area contributed by atoms with Crippen molar-refractivity contribution < 1.29 is 9.18 Å². The summed E-state index contributed by atoms with van der Waals surface area (Å²) >= 11 is 0. The fraction of sp³-hybridized carbons (Fsp3) is 0.278. The summed E-state index contributed by atoms with van der Waals surface area (Å²) in [4.78, 5) is 25.7. The van der Waals surface area contributed by atoms with Gasteiger partial charge in [0.05, 0.1) is 11.1 Å². The number of likely N-dealkylation sites (tertiary alicyclic amines) is 1. The highest BCUT2D eigenvalue weighted by Gasteiger charge is 2.24. The predicted octanol–water partition coefficient (Wildman–Crippen LogP) is 3.12. The van der Waals surface area contributed by atoms with Crippen LogP contribution in [0.2, 0.25) is 0 Å². The Morgan fingerprint density at radius 1 is 1.32 bits per heavy atom. The maximum atomic E-state index is 12.8. The number of H-pyrrole nitrogens is 1. The Kier molecular flexibility index (Phi) is 3.93. The molecule has 1 fully saturated rings. The molecule has 0 aromatic carbocycles. The minimum atomic E-state index is -0.619. The smallest absolute Gasteiger partial charge is 0.258 e. The minimum absolute atomic E-state index is 0.281. The number of aromatic nitrogens is 3. The van der Waals surface area contributed by atoms with Crippen LogP contribution in [-0.2, 0) is 0 Å². The molecule has 25 heavy (non-hydrogen) atoms. The highest BCUT2D eigenvalue weighted by atomic mass is 19.1. The number of fused-ring (bicyclic) bond motifs is 1. The van der Waals surface area contributed by atoms with Crippen molar-refractivity contribution in [3.05, 3.63) is 53.9 Å². The van der Waals surface area contributed by atoms with Crippen molar-refractivity contribution in [1.82, 2.24) is 19.9 Å². The lowest BCUT2D eigenvalue weighted by Gasteiger charge is -2.17.